The summed E-state index contributed by atoms with van der Waals surface area (Å²) in [6.45, 7) is 1.69. The molecule has 0 aliphatic carbocycles. The van der Waals surface area contributed by atoms with Crippen LogP contribution in [0.15, 0.2) is 22.7 Å². The summed E-state index contributed by atoms with van der Waals surface area (Å²) in [6, 6.07) is 3.75. The van der Waals surface area contributed by atoms with Crippen LogP contribution in [0.3, 0.4) is 0 Å². The lowest BCUT2D eigenvalue weighted by Crippen LogP contribution is -2.25. The van der Waals surface area contributed by atoms with Gasteiger partial charge in [-0.05, 0) is 41.1 Å². The number of hydrogen-bond acceptors (Lipinski definition) is 3. The molecule has 4 nitrogen and oxygen atoms in total. The Morgan fingerprint density at radius 1 is 1.50 bits per heavy atom. The van der Waals surface area contributed by atoms with E-state index >= 15 is 0 Å². The first-order valence-corrected chi connectivity index (χ1v) is 5.27. The molecule has 1 aromatic carbocycles. The molecule has 0 saturated heterocycles. The van der Waals surface area contributed by atoms with E-state index in [0.717, 1.165) is 6.07 Å². The van der Waals surface area contributed by atoms with Gasteiger partial charge in [-0.1, -0.05) is 0 Å². The largest absolute Gasteiger partial charge is 0.459 e. The summed E-state index contributed by atoms with van der Waals surface area (Å²) in [6.07, 6.45) is 0. The zero-order chi connectivity index (χ0) is 12.1. The summed E-state index contributed by atoms with van der Waals surface area (Å²) >= 11 is 3.11. The predicted octanol–water partition coefficient (Wildman–Crippen LogP) is 2.09. The minimum atomic E-state index is -1.00. The monoisotopic (exact) mass is 289 g/mol. The van der Waals surface area contributed by atoms with Crippen molar-refractivity contribution in [3.63, 3.8) is 0 Å². The Morgan fingerprint density at radius 2 is 2.19 bits per heavy atom. The SMILES string of the molecule is CCOC(=O)C(=O)Nc1cc(F)ccc1Br. The predicted molar refractivity (Wildman–Crippen MR) is 59.4 cm³/mol. The van der Waals surface area contributed by atoms with Gasteiger partial charge in [-0.25, -0.2) is 9.18 Å². The summed E-state index contributed by atoms with van der Waals surface area (Å²) in [7, 11) is 0. The number of carbonyl (C=O) groups is 2. The van der Waals surface area contributed by atoms with Crippen LogP contribution in [-0.4, -0.2) is 18.5 Å². The molecular weight excluding hydrogens is 281 g/mol. The van der Waals surface area contributed by atoms with E-state index in [0.29, 0.717) is 4.47 Å². The van der Waals surface area contributed by atoms with Gasteiger partial charge in [0.15, 0.2) is 0 Å². The van der Waals surface area contributed by atoms with Crippen molar-refractivity contribution in [3.8, 4) is 0 Å². The fourth-order valence-electron chi connectivity index (χ4n) is 0.963. The molecule has 0 saturated carbocycles. The second kappa shape index (κ2) is 5.60. The smallest absolute Gasteiger partial charge is 0.397 e. The van der Waals surface area contributed by atoms with Gasteiger partial charge in [-0.15, -0.1) is 0 Å². The molecule has 1 aromatic rings. The maximum absolute atomic E-state index is 12.9. The van der Waals surface area contributed by atoms with Crippen LogP contribution in [0.4, 0.5) is 10.1 Å². The highest BCUT2D eigenvalue weighted by Crippen LogP contribution is 2.22. The minimum absolute atomic E-state index is 0.108. The second-order valence-electron chi connectivity index (χ2n) is 2.80. The van der Waals surface area contributed by atoms with Gasteiger partial charge in [0.25, 0.3) is 0 Å². The molecule has 0 heterocycles. The Labute approximate surface area is 99.9 Å². The van der Waals surface area contributed by atoms with Crippen molar-refractivity contribution < 1.29 is 18.7 Å². The number of carbonyl (C=O) groups excluding carboxylic acids is 2. The normalized spacial score (nSPS) is 9.69. The second-order valence-corrected chi connectivity index (χ2v) is 3.65. The highest BCUT2D eigenvalue weighted by molar-refractivity contribution is 9.10. The first-order chi connectivity index (χ1) is 7.54. The fourth-order valence-corrected chi connectivity index (χ4v) is 1.31. The topological polar surface area (TPSA) is 55.4 Å². The highest BCUT2D eigenvalue weighted by Gasteiger charge is 2.16. The molecule has 1 N–H and O–H groups in total. The van der Waals surface area contributed by atoms with Crippen LogP contribution in [0.25, 0.3) is 0 Å². The van der Waals surface area contributed by atoms with Gasteiger partial charge in [-0.3, -0.25) is 4.79 Å². The van der Waals surface area contributed by atoms with E-state index in [4.69, 9.17) is 0 Å². The number of hydrogen-bond donors (Lipinski definition) is 1. The number of ether oxygens (including phenoxy) is 1. The maximum atomic E-state index is 12.9. The lowest BCUT2D eigenvalue weighted by atomic mass is 10.3. The number of nitrogens with one attached hydrogen (secondary N) is 1. The van der Waals surface area contributed by atoms with Crippen molar-refractivity contribution in [2.45, 2.75) is 6.92 Å². The summed E-state index contributed by atoms with van der Waals surface area (Å²) in [4.78, 5) is 22.2. The molecule has 0 radical (unpaired) electrons. The van der Waals surface area contributed by atoms with E-state index in [2.05, 4.69) is 26.0 Å². The third-order valence-electron chi connectivity index (χ3n) is 1.64. The molecule has 0 aliphatic heterocycles. The van der Waals surface area contributed by atoms with Crippen molar-refractivity contribution in [2.75, 3.05) is 11.9 Å². The summed E-state index contributed by atoms with van der Waals surface area (Å²) in [5.74, 6) is -2.45. The van der Waals surface area contributed by atoms with Gasteiger partial charge in [-0.2, -0.15) is 0 Å². The van der Waals surface area contributed by atoms with Gasteiger partial charge in [0.2, 0.25) is 0 Å². The van der Waals surface area contributed by atoms with Crippen molar-refractivity contribution in [3.05, 3.63) is 28.5 Å². The van der Waals surface area contributed by atoms with Crippen LogP contribution in [-0.2, 0) is 14.3 Å². The molecule has 0 bridgehead atoms. The number of halogens is 2. The third-order valence-corrected chi connectivity index (χ3v) is 2.33. The lowest BCUT2D eigenvalue weighted by molar-refractivity contribution is -0.152. The van der Waals surface area contributed by atoms with Crippen molar-refractivity contribution >= 4 is 33.5 Å². The number of rotatable bonds is 2. The van der Waals surface area contributed by atoms with Gasteiger partial charge < -0.3 is 10.1 Å². The third kappa shape index (κ3) is 3.30. The standard InChI is InChI=1S/C10H9BrFNO3/c1-2-16-10(15)9(14)13-8-5-6(12)3-4-7(8)11/h3-5H,2H2,1H3,(H,13,14). The fraction of sp³-hybridized carbons (Fsp3) is 0.200. The van der Waals surface area contributed by atoms with Crippen LogP contribution in [0, 0.1) is 5.82 Å². The number of esters is 1. The van der Waals surface area contributed by atoms with Crippen molar-refractivity contribution in [1.29, 1.82) is 0 Å². The molecule has 0 fully saturated rings. The van der Waals surface area contributed by atoms with E-state index in [1.165, 1.54) is 12.1 Å². The van der Waals surface area contributed by atoms with Crippen LogP contribution < -0.4 is 5.32 Å². The number of amides is 1. The molecule has 0 atom stereocenters. The molecular formula is C10H9BrFNO3. The minimum Gasteiger partial charge on any atom is -0.459 e. The van der Waals surface area contributed by atoms with Gasteiger partial charge in [0.1, 0.15) is 5.82 Å². The lowest BCUT2D eigenvalue weighted by Gasteiger charge is -2.06. The number of benzene rings is 1. The highest BCUT2D eigenvalue weighted by atomic mass is 79.9. The molecule has 0 aromatic heterocycles. The van der Waals surface area contributed by atoms with Crippen molar-refractivity contribution in [1.82, 2.24) is 0 Å². The summed E-state index contributed by atoms with van der Waals surface area (Å²) in [5, 5.41) is 2.24. The average Bonchev–Trinajstić information content (AvgIpc) is 2.23. The Balaban J connectivity index is 2.76. The zero-order valence-corrected chi connectivity index (χ0v) is 10.0. The molecule has 86 valence electrons. The van der Waals surface area contributed by atoms with Gasteiger partial charge in [0, 0.05) is 4.47 Å². The van der Waals surface area contributed by atoms with Crippen LogP contribution in [0.2, 0.25) is 0 Å². The maximum Gasteiger partial charge on any atom is 0.397 e. The summed E-state index contributed by atoms with van der Waals surface area (Å²) in [5.41, 5.74) is 0.179. The molecule has 1 amide bonds. The van der Waals surface area contributed by atoms with Crippen molar-refractivity contribution in [2.24, 2.45) is 0 Å². The Bertz CT molecular complexity index is 423. The quantitative estimate of drug-likeness (QED) is 0.670. The Kier molecular flexibility index (Phi) is 4.42. The molecule has 0 aliphatic rings. The van der Waals surface area contributed by atoms with Crippen LogP contribution in [0.5, 0.6) is 0 Å². The average molecular weight is 290 g/mol. The van der Waals surface area contributed by atoms with E-state index in [1.54, 1.807) is 6.92 Å². The van der Waals surface area contributed by atoms with E-state index in [-0.39, 0.29) is 12.3 Å². The first-order valence-electron chi connectivity index (χ1n) is 4.47. The molecule has 1 rings (SSSR count). The number of anilines is 1. The zero-order valence-electron chi connectivity index (χ0n) is 8.42. The molecule has 0 spiro atoms. The van der Waals surface area contributed by atoms with E-state index in [1.807, 2.05) is 0 Å². The van der Waals surface area contributed by atoms with Crippen LogP contribution in [0.1, 0.15) is 6.92 Å². The molecule has 16 heavy (non-hydrogen) atoms. The van der Waals surface area contributed by atoms with Crippen LogP contribution >= 0.6 is 15.9 Å². The van der Waals surface area contributed by atoms with Gasteiger partial charge in [0.05, 0.1) is 12.3 Å². The molecule has 6 heteroatoms. The van der Waals surface area contributed by atoms with E-state index in [9.17, 15) is 14.0 Å². The first kappa shape index (κ1) is 12.6. The van der Waals surface area contributed by atoms with E-state index < -0.39 is 17.7 Å². The van der Waals surface area contributed by atoms with Gasteiger partial charge >= 0.3 is 11.9 Å². The Hall–Kier alpha value is -1.43. The Morgan fingerprint density at radius 3 is 2.81 bits per heavy atom. The molecule has 0 unspecified atom stereocenters. The summed E-state index contributed by atoms with van der Waals surface area (Å²) < 4.78 is 17.8.